The van der Waals surface area contributed by atoms with E-state index in [1.165, 1.54) is 41.4 Å². The van der Waals surface area contributed by atoms with Gasteiger partial charge in [0.1, 0.15) is 12.1 Å². The molecule has 6 nitrogen and oxygen atoms in total. The summed E-state index contributed by atoms with van der Waals surface area (Å²) < 4.78 is 14.4. The second kappa shape index (κ2) is 5.12. The Bertz CT molecular complexity index is 799. The van der Waals surface area contributed by atoms with Crippen molar-refractivity contribution >= 4 is 5.69 Å². The first-order valence-corrected chi connectivity index (χ1v) is 6.05. The second-order valence-electron chi connectivity index (χ2n) is 4.28. The molecule has 0 aliphatic rings. The van der Waals surface area contributed by atoms with Gasteiger partial charge < -0.3 is 0 Å². The highest BCUT2D eigenvalue weighted by atomic mass is 19.1. The van der Waals surface area contributed by atoms with Gasteiger partial charge in [-0.25, -0.2) is 14.4 Å². The maximum atomic E-state index is 12.9. The molecule has 0 bridgehead atoms. The van der Waals surface area contributed by atoms with Crippen molar-refractivity contribution in [3.8, 4) is 17.1 Å². The van der Waals surface area contributed by atoms with Crippen LogP contribution in [0.4, 0.5) is 10.1 Å². The zero-order valence-corrected chi connectivity index (χ0v) is 10.7. The molecule has 104 valence electrons. The van der Waals surface area contributed by atoms with E-state index in [-0.39, 0.29) is 17.3 Å². The molecule has 1 aromatic carbocycles. The zero-order valence-electron chi connectivity index (χ0n) is 10.7. The van der Waals surface area contributed by atoms with Gasteiger partial charge in [-0.15, -0.1) is 0 Å². The summed E-state index contributed by atoms with van der Waals surface area (Å²) >= 11 is 0. The largest absolute Gasteiger partial charge is 0.312 e. The molecule has 0 aliphatic heterocycles. The fraction of sp³-hybridized carbons (Fsp3) is 0. The Balaban J connectivity index is 2.03. The Morgan fingerprint density at radius 2 is 1.90 bits per heavy atom. The molecule has 21 heavy (non-hydrogen) atoms. The van der Waals surface area contributed by atoms with Crippen LogP contribution < -0.4 is 0 Å². The molecule has 0 N–H and O–H groups in total. The average Bonchev–Trinajstić information content (AvgIpc) is 2.97. The first kappa shape index (κ1) is 12.9. The lowest BCUT2D eigenvalue weighted by Crippen LogP contribution is -2.00. The smallest absolute Gasteiger partial charge is 0.284 e. The molecule has 0 unspecified atom stereocenters. The first-order valence-electron chi connectivity index (χ1n) is 6.05. The number of nitrogens with zero attached hydrogens (tertiary/aromatic N) is 4. The van der Waals surface area contributed by atoms with Crippen molar-refractivity contribution in [2.45, 2.75) is 0 Å². The summed E-state index contributed by atoms with van der Waals surface area (Å²) in [6.45, 7) is 0. The summed E-state index contributed by atoms with van der Waals surface area (Å²) in [7, 11) is 0. The SMILES string of the molecule is O=[N+]([O-])c1cccnc1-n1cnc(-c2ccc(F)cc2)c1. The van der Waals surface area contributed by atoms with Crippen molar-refractivity contribution in [3.05, 3.63) is 71.1 Å². The minimum absolute atomic E-state index is 0.111. The number of halogens is 1. The first-order chi connectivity index (χ1) is 10.1. The number of nitro groups is 1. The van der Waals surface area contributed by atoms with Crippen LogP contribution in [0.15, 0.2) is 55.1 Å². The van der Waals surface area contributed by atoms with Crippen LogP contribution in [0.1, 0.15) is 0 Å². The molecule has 0 spiro atoms. The maximum absolute atomic E-state index is 12.9. The third-order valence-corrected chi connectivity index (χ3v) is 2.93. The van der Waals surface area contributed by atoms with Crippen molar-refractivity contribution in [3.63, 3.8) is 0 Å². The van der Waals surface area contributed by atoms with Gasteiger partial charge in [0.25, 0.3) is 0 Å². The molecule has 0 amide bonds. The van der Waals surface area contributed by atoms with Gasteiger partial charge in [0.05, 0.1) is 10.6 Å². The van der Waals surface area contributed by atoms with Crippen LogP contribution in [0.2, 0.25) is 0 Å². The lowest BCUT2D eigenvalue weighted by atomic mass is 10.2. The van der Waals surface area contributed by atoms with Crippen LogP contribution in [-0.2, 0) is 0 Å². The summed E-state index contributed by atoms with van der Waals surface area (Å²) in [4.78, 5) is 18.7. The molecule has 2 aromatic heterocycles. The Labute approximate surface area is 118 Å². The maximum Gasteiger partial charge on any atom is 0.312 e. The van der Waals surface area contributed by atoms with Crippen molar-refractivity contribution in [1.82, 2.24) is 14.5 Å². The average molecular weight is 284 g/mol. The van der Waals surface area contributed by atoms with Crippen molar-refractivity contribution in [2.24, 2.45) is 0 Å². The fourth-order valence-corrected chi connectivity index (χ4v) is 1.94. The minimum Gasteiger partial charge on any atom is -0.284 e. The monoisotopic (exact) mass is 284 g/mol. The molecule has 0 saturated heterocycles. The predicted molar refractivity (Wildman–Crippen MR) is 73.4 cm³/mol. The van der Waals surface area contributed by atoms with E-state index in [4.69, 9.17) is 0 Å². The van der Waals surface area contributed by atoms with E-state index >= 15 is 0 Å². The normalized spacial score (nSPS) is 10.5. The molecule has 0 saturated carbocycles. The minimum atomic E-state index is -0.500. The van der Waals surface area contributed by atoms with Gasteiger partial charge in [-0.2, -0.15) is 0 Å². The van der Waals surface area contributed by atoms with Gasteiger partial charge in [0.2, 0.25) is 5.82 Å². The van der Waals surface area contributed by atoms with E-state index in [9.17, 15) is 14.5 Å². The molecule has 7 heteroatoms. The number of benzene rings is 1. The Kier molecular flexibility index (Phi) is 3.15. The topological polar surface area (TPSA) is 73.8 Å². The Morgan fingerprint density at radius 1 is 1.14 bits per heavy atom. The quantitative estimate of drug-likeness (QED) is 0.547. The van der Waals surface area contributed by atoms with Crippen LogP contribution in [0, 0.1) is 15.9 Å². The number of hydrogen-bond donors (Lipinski definition) is 0. The molecule has 2 heterocycles. The van der Waals surface area contributed by atoms with Crippen LogP contribution in [0.5, 0.6) is 0 Å². The number of imidazole rings is 1. The van der Waals surface area contributed by atoms with E-state index < -0.39 is 4.92 Å². The van der Waals surface area contributed by atoms with Gasteiger partial charge in [-0.3, -0.25) is 14.7 Å². The van der Waals surface area contributed by atoms with Crippen LogP contribution in [0.3, 0.4) is 0 Å². The standard InChI is InChI=1S/C14H9FN4O2/c15-11-5-3-10(4-6-11)12-8-18(9-17-12)14-13(19(20)21)2-1-7-16-14/h1-9H. The summed E-state index contributed by atoms with van der Waals surface area (Å²) in [6, 6.07) is 8.72. The van der Waals surface area contributed by atoms with Crippen molar-refractivity contribution in [1.29, 1.82) is 0 Å². The van der Waals surface area contributed by atoms with Gasteiger partial charge in [-0.05, 0) is 30.3 Å². The third kappa shape index (κ3) is 2.48. The number of pyridine rings is 1. The third-order valence-electron chi connectivity index (χ3n) is 2.93. The summed E-state index contributed by atoms with van der Waals surface area (Å²) in [6.07, 6.45) is 4.52. The number of rotatable bonds is 3. The highest BCUT2D eigenvalue weighted by Gasteiger charge is 2.16. The van der Waals surface area contributed by atoms with Gasteiger partial charge >= 0.3 is 5.69 Å². The molecule has 0 atom stereocenters. The van der Waals surface area contributed by atoms with Gasteiger partial charge in [0, 0.05) is 24.0 Å². The van der Waals surface area contributed by atoms with E-state index in [1.54, 1.807) is 18.3 Å². The van der Waals surface area contributed by atoms with Crippen LogP contribution in [-0.4, -0.2) is 19.5 Å². The fourth-order valence-electron chi connectivity index (χ4n) is 1.94. The predicted octanol–water partition coefficient (Wildman–Crippen LogP) is 2.98. The number of hydrogen-bond acceptors (Lipinski definition) is 4. The highest BCUT2D eigenvalue weighted by Crippen LogP contribution is 2.23. The van der Waals surface area contributed by atoms with Crippen molar-refractivity contribution in [2.75, 3.05) is 0 Å². The summed E-state index contributed by atoms with van der Waals surface area (Å²) in [5.74, 6) is -0.151. The van der Waals surface area contributed by atoms with E-state index in [0.29, 0.717) is 11.3 Å². The lowest BCUT2D eigenvalue weighted by molar-refractivity contribution is -0.384. The van der Waals surface area contributed by atoms with E-state index in [0.717, 1.165) is 0 Å². The Hall–Kier alpha value is -3.09. The highest BCUT2D eigenvalue weighted by molar-refractivity contribution is 5.59. The van der Waals surface area contributed by atoms with Crippen LogP contribution in [0.25, 0.3) is 17.1 Å². The molecule has 3 rings (SSSR count). The lowest BCUT2D eigenvalue weighted by Gasteiger charge is -2.01. The van der Waals surface area contributed by atoms with Gasteiger partial charge in [-0.1, -0.05) is 0 Å². The molecular weight excluding hydrogens is 275 g/mol. The molecule has 3 aromatic rings. The van der Waals surface area contributed by atoms with Crippen LogP contribution >= 0.6 is 0 Å². The zero-order chi connectivity index (χ0) is 14.8. The number of aromatic nitrogens is 3. The van der Waals surface area contributed by atoms with Gasteiger partial charge in [0.15, 0.2) is 0 Å². The summed E-state index contributed by atoms with van der Waals surface area (Å²) in [5.41, 5.74) is 1.18. The molecular formula is C14H9FN4O2. The molecule has 0 radical (unpaired) electrons. The summed E-state index contributed by atoms with van der Waals surface area (Å²) in [5, 5.41) is 11.0. The molecule has 0 fully saturated rings. The van der Waals surface area contributed by atoms with E-state index in [1.807, 2.05) is 0 Å². The van der Waals surface area contributed by atoms with Crippen molar-refractivity contribution < 1.29 is 9.31 Å². The molecule has 0 aliphatic carbocycles. The Morgan fingerprint density at radius 3 is 2.62 bits per heavy atom. The van der Waals surface area contributed by atoms with E-state index in [2.05, 4.69) is 9.97 Å². The second-order valence-corrected chi connectivity index (χ2v) is 4.28.